The van der Waals surface area contributed by atoms with E-state index in [1.54, 1.807) is 7.11 Å². The lowest BCUT2D eigenvalue weighted by Gasteiger charge is -2.14. The lowest BCUT2D eigenvalue weighted by Crippen LogP contribution is -2.23. The first-order valence-corrected chi connectivity index (χ1v) is 8.47. The molecule has 0 aliphatic heterocycles. The van der Waals surface area contributed by atoms with Gasteiger partial charge < -0.3 is 9.47 Å². The molecule has 0 radical (unpaired) electrons. The Bertz CT molecular complexity index is 738. The lowest BCUT2D eigenvalue weighted by molar-refractivity contribution is 0.233. The summed E-state index contributed by atoms with van der Waals surface area (Å²) in [6, 6.07) is 11.2. The second kappa shape index (κ2) is 7.98. The second-order valence-electron chi connectivity index (χ2n) is 6.11. The molecule has 1 saturated carbocycles. The number of ether oxygens (including phenoxy) is 2. The molecule has 2 aromatic rings. The van der Waals surface area contributed by atoms with Crippen LogP contribution >= 0.6 is 0 Å². The first-order valence-electron chi connectivity index (χ1n) is 8.47. The van der Waals surface area contributed by atoms with Crippen molar-refractivity contribution in [3.63, 3.8) is 0 Å². The molecule has 6 heteroatoms. The largest absolute Gasteiger partial charge is 0.497 e. The fourth-order valence-electron chi connectivity index (χ4n) is 2.92. The zero-order valence-electron chi connectivity index (χ0n) is 14.5. The maximum Gasteiger partial charge on any atom is 0.230 e. The van der Waals surface area contributed by atoms with Crippen molar-refractivity contribution in [2.75, 3.05) is 7.11 Å². The quantitative estimate of drug-likeness (QED) is 0.491. The van der Waals surface area contributed by atoms with E-state index in [1.165, 1.54) is 12.8 Å². The summed E-state index contributed by atoms with van der Waals surface area (Å²) in [6.45, 7) is 1.89. The summed E-state index contributed by atoms with van der Waals surface area (Å²) < 4.78 is 11.1. The normalized spacial score (nSPS) is 15.2. The standard InChI is InChI=1S/C19H23N3O3/c1-13-7-12-17(18(22-23)21-14-5-3-4-6-14)19(20-13)25-16-10-8-15(24-2)9-11-16/h7-12,14,23H,3-6H2,1-2H3,(H,21,22). The number of rotatable bonds is 5. The molecule has 1 aromatic heterocycles. The van der Waals surface area contributed by atoms with Crippen LogP contribution in [-0.4, -0.2) is 29.2 Å². The number of hydrogen-bond donors (Lipinski definition) is 2. The predicted octanol–water partition coefficient (Wildman–Crippen LogP) is 3.86. The summed E-state index contributed by atoms with van der Waals surface area (Å²) in [5.41, 5.74) is 3.68. The molecular formula is C19H23N3O3. The Morgan fingerprint density at radius 3 is 2.44 bits per heavy atom. The highest BCUT2D eigenvalue weighted by Crippen LogP contribution is 2.27. The number of pyridine rings is 1. The molecule has 1 heterocycles. The van der Waals surface area contributed by atoms with Crippen LogP contribution in [0.3, 0.4) is 0 Å². The highest BCUT2D eigenvalue weighted by molar-refractivity contribution is 6.00. The molecule has 1 fully saturated rings. The van der Waals surface area contributed by atoms with Crippen LogP contribution in [0.2, 0.25) is 0 Å². The van der Waals surface area contributed by atoms with E-state index in [0.717, 1.165) is 24.3 Å². The number of aliphatic imine (C=N–C) groups is 1. The second-order valence-corrected chi connectivity index (χ2v) is 6.11. The number of amidine groups is 1. The van der Waals surface area contributed by atoms with E-state index in [4.69, 9.17) is 9.47 Å². The van der Waals surface area contributed by atoms with E-state index in [-0.39, 0.29) is 6.04 Å². The average Bonchev–Trinajstić information content (AvgIpc) is 3.14. The molecule has 1 aliphatic carbocycles. The molecule has 0 saturated heterocycles. The Kier molecular flexibility index (Phi) is 5.50. The summed E-state index contributed by atoms with van der Waals surface area (Å²) in [5.74, 6) is 2.19. The molecule has 6 nitrogen and oxygen atoms in total. The Balaban J connectivity index is 1.90. The number of methoxy groups -OCH3 is 1. The zero-order chi connectivity index (χ0) is 17.6. The minimum Gasteiger partial charge on any atom is -0.497 e. The van der Waals surface area contributed by atoms with Crippen LogP contribution in [0, 0.1) is 6.92 Å². The van der Waals surface area contributed by atoms with Gasteiger partial charge in [0.2, 0.25) is 5.88 Å². The molecule has 0 spiro atoms. The molecule has 0 bridgehead atoms. The van der Waals surface area contributed by atoms with Gasteiger partial charge in [-0.05, 0) is 56.2 Å². The Hall–Kier alpha value is -2.60. The van der Waals surface area contributed by atoms with Crippen LogP contribution in [0.1, 0.15) is 36.9 Å². The van der Waals surface area contributed by atoms with Gasteiger partial charge in [-0.2, -0.15) is 0 Å². The third kappa shape index (κ3) is 4.28. The van der Waals surface area contributed by atoms with Crippen molar-refractivity contribution in [2.24, 2.45) is 4.99 Å². The van der Waals surface area contributed by atoms with Crippen LogP contribution in [0.5, 0.6) is 17.4 Å². The van der Waals surface area contributed by atoms with Crippen molar-refractivity contribution in [2.45, 2.75) is 38.6 Å². The third-order valence-electron chi connectivity index (χ3n) is 4.27. The molecular weight excluding hydrogens is 318 g/mol. The van der Waals surface area contributed by atoms with Crippen LogP contribution in [0.25, 0.3) is 0 Å². The number of nitrogens with one attached hydrogen (secondary N) is 1. The van der Waals surface area contributed by atoms with Gasteiger partial charge in [0, 0.05) is 5.69 Å². The maximum absolute atomic E-state index is 9.59. The summed E-state index contributed by atoms with van der Waals surface area (Å²) in [7, 11) is 1.62. The van der Waals surface area contributed by atoms with Crippen LogP contribution in [-0.2, 0) is 0 Å². The monoisotopic (exact) mass is 341 g/mol. The van der Waals surface area contributed by atoms with Crippen molar-refractivity contribution >= 4 is 5.84 Å². The SMILES string of the molecule is COc1ccc(Oc2nc(C)ccc2C(=NC2CCCC2)NO)cc1. The summed E-state index contributed by atoms with van der Waals surface area (Å²) >= 11 is 0. The molecule has 1 aromatic carbocycles. The van der Waals surface area contributed by atoms with Gasteiger partial charge in [0.25, 0.3) is 0 Å². The summed E-state index contributed by atoms with van der Waals surface area (Å²) in [6.07, 6.45) is 4.43. The Morgan fingerprint density at radius 2 is 1.80 bits per heavy atom. The molecule has 0 amide bonds. The molecule has 1 aliphatic rings. The number of benzene rings is 1. The van der Waals surface area contributed by atoms with E-state index in [1.807, 2.05) is 43.3 Å². The molecule has 0 unspecified atom stereocenters. The lowest BCUT2D eigenvalue weighted by atomic mass is 10.2. The smallest absolute Gasteiger partial charge is 0.230 e. The van der Waals surface area contributed by atoms with Crippen LogP contribution in [0.15, 0.2) is 41.4 Å². The van der Waals surface area contributed by atoms with Gasteiger partial charge in [-0.3, -0.25) is 15.7 Å². The van der Waals surface area contributed by atoms with Gasteiger partial charge >= 0.3 is 0 Å². The van der Waals surface area contributed by atoms with Gasteiger partial charge in [-0.15, -0.1) is 0 Å². The van der Waals surface area contributed by atoms with E-state index in [9.17, 15) is 5.21 Å². The van der Waals surface area contributed by atoms with Crippen LogP contribution in [0.4, 0.5) is 0 Å². The highest BCUT2D eigenvalue weighted by Gasteiger charge is 2.18. The topological polar surface area (TPSA) is 76.0 Å². The Labute approximate surface area is 147 Å². The van der Waals surface area contributed by atoms with Crippen molar-refractivity contribution in [3.8, 4) is 17.4 Å². The fourth-order valence-corrected chi connectivity index (χ4v) is 2.92. The maximum atomic E-state index is 9.59. The van der Waals surface area contributed by atoms with Crippen molar-refractivity contribution < 1.29 is 14.7 Å². The minimum absolute atomic E-state index is 0.227. The number of hydroxylamine groups is 1. The van der Waals surface area contributed by atoms with E-state index in [0.29, 0.717) is 23.0 Å². The first-order chi connectivity index (χ1) is 12.2. The molecule has 25 heavy (non-hydrogen) atoms. The van der Waals surface area contributed by atoms with Gasteiger partial charge in [0.1, 0.15) is 11.5 Å². The van der Waals surface area contributed by atoms with Crippen molar-refractivity contribution in [1.29, 1.82) is 0 Å². The first kappa shape index (κ1) is 17.2. The van der Waals surface area contributed by atoms with Crippen molar-refractivity contribution in [3.05, 3.63) is 47.7 Å². The minimum atomic E-state index is 0.227. The third-order valence-corrected chi connectivity index (χ3v) is 4.27. The van der Waals surface area contributed by atoms with Gasteiger partial charge in [0.15, 0.2) is 5.84 Å². The number of aryl methyl sites for hydroxylation is 1. The number of hydrogen-bond acceptors (Lipinski definition) is 5. The van der Waals surface area contributed by atoms with E-state index < -0.39 is 0 Å². The van der Waals surface area contributed by atoms with E-state index >= 15 is 0 Å². The van der Waals surface area contributed by atoms with Gasteiger partial charge in [-0.1, -0.05) is 12.8 Å². The molecule has 3 rings (SSSR count). The van der Waals surface area contributed by atoms with E-state index in [2.05, 4.69) is 15.5 Å². The summed E-state index contributed by atoms with van der Waals surface area (Å²) in [4.78, 5) is 9.11. The fraction of sp³-hybridized carbons (Fsp3) is 0.368. The number of aromatic nitrogens is 1. The van der Waals surface area contributed by atoms with Gasteiger partial charge in [0.05, 0.1) is 18.7 Å². The van der Waals surface area contributed by atoms with Gasteiger partial charge in [-0.25, -0.2) is 4.98 Å². The predicted molar refractivity (Wildman–Crippen MR) is 95.8 cm³/mol. The summed E-state index contributed by atoms with van der Waals surface area (Å²) in [5, 5.41) is 9.59. The highest BCUT2D eigenvalue weighted by atomic mass is 16.5. The molecule has 132 valence electrons. The van der Waals surface area contributed by atoms with Crippen molar-refractivity contribution in [1.82, 2.24) is 10.5 Å². The molecule has 2 N–H and O–H groups in total. The number of nitrogens with zero attached hydrogens (tertiary/aromatic N) is 2. The zero-order valence-corrected chi connectivity index (χ0v) is 14.5. The Morgan fingerprint density at radius 1 is 1.12 bits per heavy atom. The molecule has 0 atom stereocenters. The van der Waals surface area contributed by atoms with Crippen LogP contribution < -0.4 is 15.0 Å². The average molecular weight is 341 g/mol.